The van der Waals surface area contributed by atoms with Crippen LogP contribution in [0.4, 0.5) is 0 Å². The molecular weight excluding hydrogens is 188 g/mol. The van der Waals surface area contributed by atoms with Crippen molar-refractivity contribution in [3.8, 4) is 0 Å². The maximum Gasteiger partial charge on any atom is 0.0695 e. The molecule has 1 saturated carbocycles. The van der Waals surface area contributed by atoms with Gasteiger partial charge in [-0.2, -0.15) is 0 Å². The van der Waals surface area contributed by atoms with Gasteiger partial charge in [0.1, 0.15) is 0 Å². The van der Waals surface area contributed by atoms with Gasteiger partial charge in [0, 0.05) is 18.6 Å². The minimum Gasteiger partial charge on any atom is -0.391 e. The number of hydrogen-bond acceptors (Lipinski definition) is 3. The first-order valence-corrected chi connectivity index (χ1v) is 6.36. The Morgan fingerprint density at radius 1 is 1.20 bits per heavy atom. The molecule has 0 bridgehead atoms. The van der Waals surface area contributed by atoms with E-state index in [0.29, 0.717) is 18.0 Å². The lowest BCUT2D eigenvalue weighted by molar-refractivity contribution is 0.000594. The van der Waals surface area contributed by atoms with E-state index >= 15 is 0 Å². The molecule has 0 radical (unpaired) electrons. The third kappa shape index (κ3) is 2.52. The molecule has 0 amide bonds. The largest absolute Gasteiger partial charge is 0.391 e. The number of likely N-dealkylation sites (tertiary alicyclic amines) is 1. The third-order valence-electron chi connectivity index (χ3n) is 4.21. The van der Waals surface area contributed by atoms with Gasteiger partial charge in [0.2, 0.25) is 0 Å². The van der Waals surface area contributed by atoms with Gasteiger partial charge >= 0.3 is 0 Å². The van der Waals surface area contributed by atoms with Crippen molar-refractivity contribution in [1.29, 1.82) is 0 Å². The van der Waals surface area contributed by atoms with Crippen molar-refractivity contribution >= 4 is 0 Å². The zero-order chi connectivity index (χ0) is 10.8. The molecule has 4 atom stereocenters. The molecule has 15 heavy (non-hydrogen) atoms. The van der Waals surface area contributed by atoms with Crippen LogP contribution in [-0.2, 0) is 0 Å². The molecule has 1 saturated heterocycles. The molecule has 1 heterocycles. The number of nitrogens with two attached hydrogens (primary N) is 1. The molecule has 3 N–H and O–H groups in total. The van der Waals surface area contributed by atoms with E-state index in [1.54, 1.807) is 0 Å². The number of aliphatic hydroxyl groups excluding tert-OH is 1. The highest BCUT2D eigenvalue weighted by atomic mass is 16.3. The van der Waals surface area contributed by atoms with E-state index in [9.17, 15) is 5.11 Å². The molecule has 4 unspecified atom stereocenters. The van der Waals surface area contributed by atoms with Crippen molar-refractivity contribution in [3.05, 3.63) is 0 Å². The third-order valence-corrected chi connectivity index (χ3v) is 4.21. The summed E-state index contributed by atoms with van der Waals surface area (Å²) in [4.78, 5) is 2.43. The average Bonchev–Trinajstić information content (AvgIpc) is 2.23. The van der Waals surface area contributed by atoms with Crippen LogP contribution in [0.1, 0.15) is 39.0 Å². The molecule has 1 aliphatic heterocycles. The van der Waals surface area contributed by atoms with Gasteiger partial charge in [-0.1, -0.05) is 19.8 Å². The summed E-state index contributed by atoms with van der Waals surface area (Å²) in [7, 11) is 0. The van der Waals surface area contributed by atoms with Gasteiger partial charge in [0.25, 0.3) is 0 Å². The Morgan fingerprint density at radius 2 is 1.93 bits per heavy atom. The zero-order valence-corrected chi connectivity index (χ0v) is 9.73. The fraction of sp³-hybridized carbons (Fsp3) is 1.00. The quantitative estimate of drug-likeness (QED) is 0.680. The van der Waals surface area contributed by atoms with Crippen LogP contribution < -0.4 is 5.73 Å². The number of aliphatic hydroxyl groups is 1. The van der Waals surface area contributed by atoms with Gasteiger partial charge in [0.05, 0.1) is 6.10 Å². The molecule has 0 spiro atoms. The maximum absolute atomic E-state index is 9.99. The van der Waals surface area contributed by atoms with E-state index in [2.05, 4.69) is 11.8 Å². The zero-order valence-electron chi connectivity index (χ0n) is 9.73. The minimum atomic E-state index is -0.112. The van der Waals surface area contributed by atoms with Crippen molar-refractivity contribution in [2.24, 2.45) is 11.7 Å². The number of hydrogen-bond donors (Lipinski definition) is 2. The highest BCUT2D eigenvalue weighted by Crippen LogP contribution is 2.26. The van der Waals surface area contributed by atoms with E-state index < -0.39 is 0 Å². The summed E-state index contributed by atoms with van der Waals surface area (Å²) in [6, 6.07) is 0.685. The van der Waals surface area contributed by atoms with Gasteiger partial charge in [-0.25, -0.2) is 0 Å². The van der Waals surface area contributed by atoms with Crippen LogP contribution in [0, 0.1) is 5.92 Å². The molecule has 1 aliphatic carbocycles. The molecule has 0 aromatic rings. The van der Waals surface area contributed by atoms with Crippen LogP contribution in [0.25, 0.3) is 0 Å². The van der Waals surface area contributed by atoms with Gasteiger partial charge in [-0.3, -0.25) is 4.90 Å². The van der Waals surface area contributed by atoms with E-state index in [-0.39, 0.29) is 6.10 Å². The van der Waals surface area contributed by atoms with E-state index in [1.165, 1.54) is 19.3 Å². The molecule has 2 rings (SSSR count). The predicted octanol–water partition coefficient (Wildman–Crippen LogP) is 0.959. The summed E-state index contributed by atoms with van der Waals surface area (Å²) in [5.74, 6) is 0.641. The minimum absolute atomic E-state index is 0.112. The SMILES string of the molecule is CC1CCN(C2CCCCC2O)CC1N. The first kappa shape index (κ1) is 11.4. The Morgan fingerprint density at radius 3 is 2.60 bits per heavy atom. The van der Waals surface area contributed by atoms with E-state index in [0.717, 1.165) is 25.9 Å². The Hall–Kier alpha value is -0.120. The first-order chi connectivity index (χ1) is 7.18. The Kier molecular flexibility index (Phi) is 3.65. The summed E-state index contributed by atoms with van der Waals surface area (Å²) in [6.07, 6.45) is 5.66. The van der Waals surface area contributed by atoms with Gasteiger partial charge < -0.3 is 10.8 Å². The van der Waals surface area contributed by atoms with Crippen LogP contribution >= 0.6 is 0 Å². The lowest BCUT2D eigenvalue weighted by Gasteiger charge is -2.43. The monoisotopic (exact) mass is 212 g/mol. The van der Waals surface area contributed by atoms with Crippen molar-refractivity contribution in [1.82, 2.24) is 4.90 Å². The first-order valence-electron chi connectivity index (χ1n) is 6.36. The molecule has 3 heteroatoms. The van der Waals surface area contributed by atoms with Crippen molar-refractivity contribution in [2.45, 2.75) is 57.2 Å². The van der Waals surface area contributed by atoms with Gasteiger partial charge in [-0.15, -0.1) is 0 Å². The Bertz CT molecular complexity index is 210. The lowest BCUT2D eigenvalue weighted by Crippen LogP contribution is -2.55. The van der Waals surface area contributed by atoms with Crippen LogP contribution in [0.15, 0.2) is 0 Å². The van der Waals surface area contributed by atoms with Crippen molar-refractivity contribution < 1.29 is 5.11 Å². The summed E-state index contributed by atoms with van der Waals surface area (Å²) in [5, 5.41) is 9.99. The van der Waals surface area contributed by atoms with Crippen LogP contribution in [0.3, 0.4) is 0 Å². The molecule has 2 fully saturated rings. The molecule has 2 aliphatic rings. The summed E-state index contributed by atoms with van der Waals surface area (Å²) in [5.41, 5.74) is 6.10. The average molecular weight is 212 g/mol. The highest BCUT2D eigenvalue weighted by Gasteiger charge is 2.33. The number of piperidine rings is 1. The molecule has 88 valence electrons. The second-order valence-corrected chi connectivity index (χ2v) is 5.34. The van der Waals surface area contributed by atoms with Crippen molar-refractivity contribution in [2.75, 3.05) is 13.1 Å². The topological polar surface area (TPSA) is 49.5 Å². The highest BCUT2D eigenvalue weighted by molar-refractivity contribution is 4.89. The Labute approximate surface area is 92.6 Å². The van der Waals surface area contributed by atoms with Crippen molar-refractivity contribution in [3.63, 3.8) is 0 Å². The van der Waals surface area contributed by atoms with Crippen LogP contribution in [-0.4, -0.2) is 41.3 Å². The Balaban J connectivity index is 1.92. The van der Waals surface area contributed by atoms with Gasteiger partial charge in [0.15, 0.2) is 0 Å². The maximum atomic E-state index is 9.99. The second-order valence-electron chi connectivity index (χ2n) is 5.34. The van der Waals surface area contributed by atoms with E-state index in [1.807, 2.05) is 0 Å². The van der Waals surface area contributed by atoms with E-state index in [4.69, 9.17) is 5.73 Å². The molecule has 3 nitrogen and oxygen atoms in total. The second kappa shape index (κ2) is 4.81. The van der Waals surface area contributed by atoms with Crippen LogP contribution in [0.2, 0.25) is 0 Å². The van der Waals surface area contributed by atoms with Crippen LogP contribution in [0.5, 0.6) is 0 Å². The van der Waals surface area contributed by atoms with Gasteiger partial charge in [-0.05, 0) is 31.7 Å². The number of nitrogens with zero attached hydrogens (tertiary/aromatic N) is 1. The summed E-state index contributed by atoms with van der Waals surface area (Å²) in [6.45, 7) is 4.33. The smallest absolute Gasteiger partial charge is 0.0695 e. The predicted molar refractivity (Wildman–Crippen MR) is 61.6 cm³/mol. The fourth-order valence-electron chi connectivity index (χ4n) is 2.94. The lowest BCUT2D eigenvalue weighted by atomic mass is 9.87. The standard InChI is InChI=1S/C12H24N2O/c1-9-6-7-14(8-10(9)13)11-4-2-3-5-12(11)15/h9-12,15H,2-8,13H2,1H3. The summed E-state index contributed by atoms with van der Waals surface area (Å²) < 4.78 is 0. The molecular formula is C12H24N2O. The molecule has 0 aromatic heterocycles. The normalized spacial score (nSPS) is 44.2. The molecule has 0 aromatic carbocycles. The number of rotatable bonds is 1. The summed E-state index contributed by atoms with van der Waals surface area (Å²) >= 11 is 0. The fourth-order valence-corrected chi connectivity index (χ4v) is 2.94.